The molecule has 0 aromatic heterocycles. The minimum Gasteiger partial charge on any atom is -0.478 e. The van der Waals surface area contributed by atoms with Crippen LogP contribution in [-0.2, 0) is 27.6 Å². The molecule has 33 heavy (non-hydrogen) atoms. The monoisotopic (exact) mass is 473 g/mol. The number of carboxylic acids is 1. The van der Waals surface area contributed by atoms with E-state index < -0.39 is 16.0 Å². The lowest BCUT2D eigenvalue weighted by molar-refractivity contribution is 0.0378. The third-order valence-electron chi connectivity index (χ3n) is 6.24. The van der Waals surface area contributed by atoms with Gasteiger partial charge in [0.05, 0.1) is 30.2 Å². The summed E-state index contributed by atoms with van der Waals surface area (Å²) in [6, 6.07) is 10.1. The number of nitrogens with zero attached hydrogens (tertiary/aromatic N) is 1. The van der Waals surface area contributed by atoms with Gasteiger partial charge in [0, 0.05) is 19.6 Å². The number of carbonyl (C=O) groups is 1. The second kappa shape index (κ2) is 10.5. The van der Waals surface area contributed by atoms with E-state index in [-0.39, 0.29) is 16.1 Å². The van der Waals surface area contributed by atoms with Gasteiger partial charge in [-0.15, -0.1) is 0 Å². The first-order valence-electron chi connectivity index (χ1n) is 11.5. The van der Waals surface area contributed by atoms with Crippen LogP contribution in [0.1, 0.15) is 40.7 Å². The second-order valence-electron chi connectivity index (χ2n) is 8.47. The standard InChI is InChI=1S/C24H31N3O5S/c28-24(29)23-19-7-2-1-6-18(19)10-11-21(23)26-33(30,31)22-9-4-3-8-20(22)25-12-5-13-27-14-16-32-17-15-27/h3-4,8-11,25-26H,1-2,5-7,12-17H2,(H,28,29). The van der Waals surface area contributed by atoms with Crippen LogP contribution in [0.3, 0.4) is 0 Å². The summed E-state index contributed by atoms with van der Waals surface area (Å²) in [7, 11) is -3.99. The molecular weight excluding hydrogens is 442 g/mol. The number of ether oxygens (including phenoxy) is 1. The Morgan fingerprint density at radius 2 is 1.79 bits per heavy atom. The van der Waals surface area contributed by atoms with E-state index in [0.717, 1.165) is 69.7 Å². The fraction of sp³-hybridized carbons (Fsp3) is 0.458. The molecule has 0 atom stereocenters. The number of nitrogens with one attached hydrogen (secondary N) is 2. The highest BCUT2D eigenvalue weighted by Gasteiger charge is 2.25. The van der Waals surface area contributed by atoms with Crippen LogP contribution in [0, 0.1) is 0 Å². The molecule has 0 bridgehead atoms. The van der Waals surface area contributed by atoms with Gasteiger partial charge in [0.2, 0.25) is 0 Å². The number of benzene rings is 2. The highest BCUT2D eigenvalue weighted by molar-refractivity contribution is 7.92. The maximum Gasteiger partial charge on any atom is 0.338 e. The zero-order valence-electron chi connectivity index (χ0n) is 18.7. The number of morpholine rings is 1. The van der Waals surface area contributed by atoms with E-state index >= 15 is 0 Å². The van der Waals surface area contributed by atoms with E-state index in [9.17, 15) is 18.3 Å². The highest BCUT2D eigenvalue weighted by atomic mass is 32.2. The first-order valence-corrected chi connectivity index (χ1v) is 13.0. The predicted octanol–water partition coefficient (Wildman–Crippen LogP) is 3.20. The molecule has 2 aromatic carbocycles. The van der Waals surface area contributed by atoms with Gasteiger partial charge in [-0.25, -0.2) is 13.2 Å². The van der Waals surface area contributed by atoms with E-state index in [2.05, 4.69) is 14.9 Å². The van der Waals surface area contributed by atoms with Gasteiger partial charge in [-0.05, 0) is 68.0 Å². The molecule has 1 fully saturated rings. The Labute approximate surface area is 195 Å². The normalized spacial score (nSPS) is 16.7. The van der Waals surface area contributed by atoms with Crippen molar-refractivity contribution in [3.8, 4) is 0 Å². The fourth-order valence-corrected chi connectivity index (χ4v) is 5.81. The molecule has 1 aliphatic carbocycles. The minimum absolute atomic E-state index is 0.0618. The summed E-state index contributed by atoms with van der Waals surface area (Å²) >= 11 is 0. The van der Waals surface area contributed by atoms with Crippen LogP contribution in [0.25, 0.3) is 0 Å². The highest BCUT2D eigenvalue weighted by Crippen LogP contribution is 2.32. The average molecular weight is 474 g/mol. The third-order valence-corrected chi connectivity index (χ3v) is 7.66. The largest absolute Gasteiger partial charge is 0.478 e. The van der Waals surface area contributed by atoms with Crippen molar-refractivity contribution in [1.29, 1.82) is 0 Å². The molecule has 2 aliphatic rings. The summed E-state index contributed by atoms with van der Waals surface area (Å²) in [6.45, 7) is 4.88. The molecular formula is C24H31N3O5S. The number of aromatic carboxylic acids is 1. The smallest absolute Gasteiger partial charge is 0.338 e. The van der Waals surface area contributed by atoms with Crippen LogP contribution < -0.4 is 10.0 Å². The molecule has 3 N–H and O–H groups in total. The van der Waals surface area contributed by atoms with Crippen molar-refractivity contribution in [3.05, 3.63) is 53.1 Å². The zero-order valence-corrected chi connectivity index (χ0v) is 19.5. The van der Waals surface area contributed by atoms with Gasteiger partial charge >= 0.3 is 5.97 Å². The minimum atomic E-state index is -3.99. The lowest BCUT2D eigenvalue weighted by atomic mass is 9.87. The topological polar surface area (TPSA) is 108 Å². The van der Waals surface area contributed by atoms with Gasteiger partial charge < -0.3 is 15.2 Å². The van der Waals surface area contributed by atoms with Gasteiger partial charge in [0.25, 0.3) is 10.0 Å². The van der Waals surface area contributed by atoms with E-state index in [1.165, 1.54) is 6.07 Å². The molecule has 0 unspecified atom stereocenters. The first kappa shape index (κ1) is 23.5. The van der Waals surface area contributed by atoms with Crippen molar-refractivity contribution in [1.82, 2.24) is 4.90 Å². The maximum absolute atomic E-state index is 13.3. The summed E-state index contributed by atoms with van der Waals surface area (Å²) in [5.74, 6) is -1.11. The molecule has 4 rings (SSSR count). The number of sulfonamides is 1. The number of hydrogen-bond acceptors (Lipinski definition) is 6. The van der Waals surface area contributed by atoms with Crippen LogP contribution in [0.4, 0.5) is 11.4 Å². The van der Waals surface area contributed by atoms with Crippen molar-refractivity contribution < 1.29 is 23.1 Å². The van der Waals surface area contributed by atoms with E-state index in [1.807, 2.05) is 6.07 Å². The summed E-state index contributed by atoms with van der Waals surface area (Å²) in [5.41, 5.74) is 2.41. The fourth-order valence-electron chi connectivity index (χ4n) is 4.55. The SMILES string of the molecule is O=C(O)c1c(NS(=O)(=O)c2ccccc2NCCCN2CCOCC2)ccc2c1CCCC2. The van der Waals surface area contributed by atoms with Crippen molar-refractivity contribution >= 4 is 27.4 Å². The maximum atomic E-state index is 13.3. The average Bonchev–Trinajstić information content (AvgIpc) is 2.82. The molecule has 0 amide bonds. The molecule has 8 nitrogen and oxygen atoms in total. The number of anilines is 2. The summed E-state index contributed by atoms with van der Waals surface area (Å²) in [5, 5.41) is 13.1. The summed E-state index contributed by atoms with van der Waals surface area (Å²) < 4.78 is 34.5. The molecule has 2 aromatic rings. The number of aryl methyl sites for hydroxylation is 1. The Hall–Kier alpha value is -2.62. The molecule has 9 heteroatoms. The van der Waals surface area contributed by atoms with Crippen LogP contribution in [0.2, 0.25) is 0 Å². The Morgan fingerprint density at radius 3 is 2.58 bits per heavy atom. The van der Waals surface area contributed by atoms with Crippen molar-refractivity contribution in [2.24, 2.45) is 0 Å². The number of hydrogen-bond donors (Lipinski definition) is 3. The van der Waals surface area contributed by atoms with Crippen LogP contribution in [-0.4, -0.2) is 63.8 Å². The van der Waals surface area contributed by atoms with E-state index in [4.69, 9.17) is 4.74 Å². The Balaban J connectivity index is 1.49. The van der Waals surface area contributed by atoms with Crippen LogP contribution in [0.5, 0.6) is 0 Å². The number of rotatable bonds is 9. The summed E-state index contributed by atoms with van der Waals surface area (Å²) in [6.07, 6.45) is 4.26. The van der Waals surface area contributed by atoms with E-state index in [1.54, 1.807) is 24.3 Å². The third kappa shape index (κ3) is 5.66. The number of fused-ring (bicyclic) bond motifs is 1. The molecule has 0 spiro atoms. The van der Waals surface area contributed by atoms with E-state index in [0.29, 0.717) is 18.7 Å². The van der Waals surface area contributed by atoms with Gasteiger partial charge in [-0.1, -0.05) is 18.2 Å². The molecule has 0 saturated carbocycles. The van der Waals surface area contributed by atoms with Crippen molar-refractivity contribution in [2.75, 3.05) is 49.4 Å². The van der Waals surface area contributed by atoms with Gasteiger partial charge in [-0.3, -0.25) is 9.62 Å². The number of para-hydroxylation sites is 1. The zero-order chi connectivity index (χ0) is 23.3. The van der Waals surface area contributed by atoms with Crippen molar-refractivity contribution in [2.45, 2.75) is 37.0 Å². The molecule has 1 saturated heterocycles. The van der Waals surface area contributed by atoms with Crippen molar-refractivity contribution in [3.63, 3.8) is 0 Å². The molecule has 1 aliphatic heterocycles. The Bertz CT molecular complexity index is 1100. The Kier molecular flexibility index (Phi) is 7.52. The Morgan fingerprint density at radius 1 is 1.03 bits per heavy atom. The van der Waals surface area contributed by atoms with Crippen LogP contribution in [0.15, 0.2) is 41.3 Å². The lowest BCUT2D eigenvalue weighted by Gasteiger charge is -2.26. The predicted molar refractivity (Wildman–Crippen MR) is 128 cm³/mol. The van der Waals surface area contributed by atoms with Gasteiger partial charge in [0.15, 0.2) is 0 Å². The first-order chi connectivity index (χ1) is 16.0. The second-order valence-corrected chi connectivity index (χ2v) is 10.1. The lowest BCUT2D eigenvalue weighted by Crippen LogP contribution is -2.37. The summed E-state index contributed by atoms with van der Waals surface area (Å²) in [4.78, 5) is 14.5. The molecule has 178 valence electrons. The molecule has 0 radical (unpaired) electrons. The quantitative estimate of drug-likeness (QED) is 0.480. The van der Waals surface area contributed by atoms with Crippen LogP contribution >= 0.6 is 0 Å². The molecule has 1 heterocycles. The van der Waals surface area contributed by atoms with Gasteiger partial charge in [-0.2, -0.15) is 0 Å². The van der Waals surface area contributed by atoms with Gasteiger partial charge in [0.1, 0.15) is 4.90 Å². The number of carboxylic acid groups (broad SMARTS) is 1.